The summed E-state index contributed by atoms with van der Waals surface area (Å²) in [5.74, 6) is -0.428. The molecular formula is C9H7FN2O. The number of benzene rings is 1. The Kier molecular flexibility index (Phi) is 1.62. The molecule has 1 heterocycles. The fraction of sp³-hybridized carbons (Fsp3) is 0.111. The number of fused-ring (bicyclic) bond motifs is 1. The van der Waals surface area contributed by atoms with Crippen LogP contribution in [0.5, 0.6) is 0 Å². The van der Waals surface area contributed by atoms with E-state index in [1.165, 1.54) is 24.4 Å². The molecule has 0 aliphatic heterocycles. The van der Waals surface area contributed by atoms with Gasteiger partial charge in [-0.1, -0.05) is 0 Å². The van der Waals surface area contributed by atoms with Crippen molar-refractivity contribution < 1.29 is 9.12 Å². The van der Waals surface area contributed by atoms with Crippen LogP contribution in [0, 0.1) is 17.9 Å². The molecule has 0 fully saturated rings. The summed E-state index contributed by atoms with van der Waals surface area (Å²) < 4.78 is 13.4. The minimum Gasteiger partial charge on any atom is -0.618 e. The van der Waals surface area contributed by atoms with Gasteiger partial charge in [-0.15, -0.1) is 0 Å². The molecule has 0 amide bonds. The number of hydrogen-bond acceptors (Lipinski definition) is 2. The molecule has 1 aromatic heterocycles. The molecule has 0 saturated heterocycles. The highest BCUT2D eigenvalue weighted by Crippen LogP contribution is 2.09. The Hall–Kier alpha value is -1.71. The Bertz CT molecular complexity index is 470. The molecule has 0 saturated carbocycles. The summed E-state index contributed by atoms with van der Waals surface area (Å²) in [5.41, 5.74) is 1.39. The van der Waals surface area contributed by atoms with Gasteiger partial charge in [0, 0.05) is 6.07 Å². The molecule has 4 heteroatoms. The average molecular weight is 178 g/mol. The minimum atomic E-state index is -0.428. The van der Waals surface area contributed by atoms with Gasteiger partial charge in [-0.2, -0.15) is 4.73 Å². The van der Waals surface area contributed by atoms with Crippen molar-refractivity contribution in [2.24, 2.45) is 0 Å². The molecule has 2 rings (SSSR count). The Morgan fingerprint density at radius 3 is 3.00 bits per heavy atom. The van der Waals surface area contributed by atoms with Gasteiger partial charge in [0.25, 0.3) is 0 Å². The van der Waals surface area contributed by atoms with Crippen LogP contribution in [0.25, 0.3) is 11.0 Å². The van der Waals surface area contributed by atoms with Gasteiger partial charge in [0.05, 0.1) is 0 Å². The zero-order valence-corrected chi connectivity index (χ0v) is 6.99. The molecule has 3 nitrogen and oxygen atoms in total. The van der Waals surface area contributed by atoms with Crippen molar-refractivity contribution in [3.8, 4) is 0 Å². The third-order valence-corrected chi connectivity index (χ3v) is 1.78. The van der Waals surface area contributed by atoms with Crippen LogP contribution >= 0.6 is 0 Å². The van der Waals surface area contributed by atoms with Gasteiger partial charge in [-0.3, -0.25) is 0 Å². The van der Waals surface area contributed by atoms with E-state index < -0.39 is 5.82 Å². The van der Waals surface area contributed by atoms with Gasteiger partial charge in [0.1, 0.15) is 17.0 Å². The largest absolute Gasteiger partial charge is 0.618 e. The van der Waals surface area contributed by atoms with Crippen LogP contribution in [0.1, 0.15) is 5.69 Å². The molecule has 0 aliphatic rings. The quantitative estimate of drug-likeness (QED) is 0.450. The van der Waals surface area contributed by atoms with Crippen molar-refractivity contribution in [2.45, 2.75) is 6.92 Å². The van der Waals surface area contributed by atoms with Crippen molar-refractivity contribution in [3.63, 3.8) is 0 Å². The SMILES string of the molecule is Cc1c[n+]([O-])c2cc(F)ccc2n1. The highest BCUT2D eigenvalue weighted by molar-refractivity contribution is 5.70. The van der Waals surface area contributed by atoms with E-state index in [0.717, 1.165) is 0 Å². The normalized spacial score (nSPS) is 10.6. The monoisotopic (exact) mass is 178 g/mol. The van der Waals surface area contributed by atoms with Crippen LogP contribution in [0.2, 0.25) is 0 Å². The summed E-state index contributed by atoms with van der Waals surface area (Å²) >= 11 is 0. The minimum absolute atomic E-state index is 0.255. The van der Waals surface area contributed by atoms with Crippen LogP contribution in [0.15, 0.2) is 24.4 Å². The Morgan fingerprint density at radius 2 is 2.23 bits per heavy atom. The van der Waals surface area contributed by atoms with Gasteiger partial charge in [0.15, 0.2) is 0 Å². The van der Waals surface area contributed by atoms with Crippen LogP contribution in [0.4, 0.5) is 4.39 Å². The molecule has 0 unspecified atom stereocenters. The van der Waals surface area contributed by atoms with Gasteiger partial charge in [-0.05, 0) is 19.1 Å². The first-order valence-electron chi connectivity index (χ1n) is 3.83. The average Bonchev–Trinajstić information content (AvgIpc) is 2.06. The molecule has 0 aliphatic carbocycles. The first-order chi connectivity index (χ1) is 6.16. The summed E-state index contributed by atoms with van der Waals surface area (Å²) in [5, 5.41) is 11.3. The highest BCUT2D eigenvalue weighted by atomic mass is 19.1. The molecule has 2 aromatic rings. The molecule has 0 spiro atoms. The predicted molar refractivity (Wildman–Crippen MR) is 45.4 cm³/mol. The van der Waals surface area contributed by atoms with Gasteiger partial charge < -0.3 is 5.21 Å². The standard InChI is InChI=1S/C9H7FN2O/c1-6-5-12(13)9-4-7(10)2-3-8(9)11-6/h2-5H,1H3. The van der Waals surface area contributed by atoms with Gasteiger partial charge in [0.2, 0.25) is 11.7 Å². The summed E-state index contributed by atoms with van der Waals surface area (Å²) in [6, 6.07) is 3.95. The molecule has 0 N–H and O–H groups in total. The van der Waals surface area contributed by atoms with Crippen molar-refractivity contribution in [2.75, 3.05) is 0 Å². The number of rotatable bonds is 0. The maximum Gasteiger partial charge on any atom is 0.245 e. The fourth-order valence-corrected chi connectivity index (χ4v) is 1.23. The third-order valence-electron chi connectivity index (χ3n) is 1.78. The van der Waals surface area contributed by atoms with E-state index >= 15 is 0 Å². The lowest BCUT2D eigenvalue weighted by Gasteiger charge is -2.01. The van der Waals surface area contributed by atoms with Crippen molar-refractivity contribution >= 4 is 11.0 Å². The molecule has 66 valence electrons. The number of aromatic nitrogens is 2. The molecule has 0 radical (unpaired) electrons. The Labute approximate surface area is 74.0 Å². The van der Waals surface area contributed by atoms with E-state index in [4.69, 9.17) is 0 Å². The summed E-state index contributed by atoms with van der Waals surface area (Å²) in [6.07, 6.45) is 1.32. The number of halogens is 1. The second-order valence-electron chi connectivity index (χ2n) is 2.84. The lowest BCUT2D eigenvalue weighted by Crippen LogP contribution is -2.27. The molecule has 0 atom stereocenters. The van der Waals surface area contributed by atoms with Gasteiger partial charge >= 0.3 is 0 Å². The molecule has 0 bridgehead atoms. The second kappa shape index (κ2) is 2.65. The first kappa shape index (κ1) is 7.91. The molecule has 1 aromatic carbocycles. The van der Waals surface area contributed by atoms with E-state index in [0.29, 0.717) is 15.9 Å². The lowest BCUT2D eigenvalue weighted by molar-refractivity contribution is -0.577. The highest BCUT2D eigenvalue weighted by Gasteiger charge is 2.06. The lowest BCUT2D eigenvalue weighted by atomic mass is 10.3. The van der Waals surface area contributed by atoms with E-state index in [1.54, 1.807) is 6.92 Å². The van der Waals surface area contributed by atoms with Crippen LogP contribution in [0.3, 0.4) is 0 Å². The van der Waals surface area contributed by atoms with E-state index in [1.807, 2.05) is 0 Å². The zero-order valence-electron chi connectivity index (χ0n) is 6.99. The van der Waals surface area contributed by atoms with Crippen LogP contribution < -0.4 is 4.73 Å². The van der Waals surface area contributed by atoms with E-state index in [-0.39, 0.29) is 5.52 Å². The summed E-state index contributed by atoms with van der Waals surface area (Å²) in [4.78, 5) is 4.09. The number of hydrogen-bond donors (Lipinski definition) is 0. The maximum absolute atomic E-state index is 12.7. The third kappa shape index (κ3) is 1.30. The zero-order chi connectivity index (χ0) is 9.42. The van der Waals surface area contributed by atoms with Gasteiger partial charge in [-0.25, -0.2) is 9.37 Å². The smallest absolute Gasteiger partial charge is 0.245 e. The van der Waals surface area contributed by atoms with E-state index in [9.17, 15) is 9.60 Å². The van der Waals surface area contributed by atoms with Crippen molar-refractivity contribution in [1.29, 1.82) is 0 Å². The molecular weight excluding hydrogens is 171 g/mol. The van der Waals surface area contributed by atoms with Crippen LogP contribution in [-0.2, 0) is 0 Å². The summed E-state index contributed by atoms with van der Waals surface area (Å²) in [6.45, 7) is 1.72. The fourth-order valence-electron chi connectivity index (χ4n) is 1.23. The number of nitrogens with zero attached hydrogens (tertiary/aromatic N) is 2. The maximum atomic E-state index is 12.7. The Morgan fingerprint density at radius 1 is 1.46 bits per heavy atom. The van der Waals surface area contributed by atoms with Crippen molar-refractivity contribution in [1.82, 2.24) is 4.98 Å². The Balaban J connectivity index is 2.87. The molecule has 13 heavy (non-hydrogen) atoms. The topological polar surface area (TPSA) is 39.8 Å². The van der Waals surface area contributed by atoms with E-state index in [2.05, 4.69) is 4.98 Å². The second-order valence-corrected chi connectivity index (χ2v) is 2.84. The van der Waals surface area contributed by atoms with Crippen LogP contribution in [-0.4, -0.2) is 4.98 Å². The van der Waals surface area contributed by atoms with Crippen molar-refractivity contribution in [3.05, 3.63) is 41.1 Å². The number of aryl methyl sites for hydroxylation is 1. The summed E-state index contributed by atoms with van der Waals surface area (Å²) in [7, 11) is 0. The first-order valence-corrected chi connectivity index (χ1v) is 3.83. The predicted octanol–water partition coefficient (Wildman–Crippen LogP) is 1.32.